The zero-order valence-electron chi connectivity index (χ0n) is 22.4. The molecular weight excluding hydrogens is 486 g/mol. The van der Waals surface area contributed by atoms with Crippen molar-refractivity contribution in [3.63, 3.8) is 0 Å². The number of hydrogen-bond donors (Lipinski definition) is 2. The van der Waals surface area contributed by atoms with E-state index in [2.05, 4.69) is 10.6 Å². The fourth-order valence-corrected chi connectivity index (χ4v) is 5.73. The number of carbonyl (C=O) groups is 4. The average molecular weight is 532 g/mol. The first-order valence-corrected chi connectivity index (χ1v) is 13.6. The summed E-state index contributed by atoms with van der Waals surface area (Å²) in [4.78, 5) is 59.0. The van der Waals surface area contributed by atoms with Gasteiger partial charge in [0.25, 0.3) is 5.91 Å². The molecule has 0 spiro atoms. The normalized spacial score (nSPS) is 24.5. The highest BCUT2D eigenvalue weighted by Gasteiger charge is 2.52. The molecule has 0 aliphatic carbocycles. The van der Waals surface area contributed by atoms with Gasteiger partial charge in [0, 0.05) is 13.0 Å². The maximum Gasteiger partial charge on any atom is 0.291 e. The Kier molecular flexibility index (Phi) is 9.98. The molecule has 4 rings (SSSR count). The molecule has 0 radical (unpaired) electrons. The molecule has 3 aliphatic heterocycles. The Hall–Kier alpha value is -2.88. The van der Waals surface area contributed by atoms with Crippen LogP contribution in [0, 0.1) is 17.8 Å². The maximum atomic E-state index is 13.8. The highest BCUT2D eigenvalue weighted by molar-refractivity contribution is 5.98. The van der Waals surface area contributed by atoms with Crippen LogP contribution in [-0.2, 0) is 14.4 Å². The lowest BCUT2D eigenvalue weighted by atomic mass is 9.92. The Labute approximate surface area is 226 Å². The van der Waals surface area contributed by atoms with E-state index < -0.39 is 18.2 Å². The zero-order chi connectivity index (χ0) is 26.7. The molecule has 1 aromatic rings. The van der Waals surface area contributed by atoms with E-state index in [1.54, 1.807) is 21.9 Å². The molecule has 2 N–H and O–H groups in total. The number of rotatable bonds is 8. The first kappa shape index (κ1) is 29.7. The third kappa shape index (κ3) is 6.57. The van der Waals surface area contributed by atoms with Gasteiger partial charge in [-0.2, -0.15) is 0 Å². The predicted molar refractivity (Wildman–Crippen MR) is 144 cm³/mol. The van der Waals surface area contributed by atoms with E-state index in [0.717, 1.165) is 25.9 Å². The van der Waals surface area contributed by atoms with Crippen LogP contribution in [0.2, 0.25) is 0 Å². The van der Waals surface area contributed by atoms with Crippen LogP contribution in [0.5, 0.6) is 0 Å². The second kappa shape index (κ2) is 12.8. The van der Waals surface area contributed by atoms with Crippen molar-refractivity contribution in [1.29, 1.82) is 0 Å². The molecule has 4 heterocycles. The lowest BCUT2D eigenvalue weighted by Crippen LogP contribution is -2.76. The summed E-state index contributed by atoms with van der Waals surface area (Å²) < 4.78 is 5.42. The van der Waals surface area contributed by atoms with Gasteiger partial charge in [-0.05, 0) is 62.2 Å². The average Bonchev–Trinajstić information content (AvgIpc) is 3.38. The van der Waals surface area contributed by atoms with Crippen LogP contribution in [0.4, 0.5) is 0 Å². The minimum atomic E-state index is -0.917. The highest BCUT2D eigenvalue weighted by atomic mass is 16.3. The summed E-state index contributed by atoms with van der Waals surface area (Å²) in [6, 6.07) is 1.64. The van der Waals surface area contributed by atoms with Crippen LogP contribution in [0.1, 0.15) is 71.4 Å². The molecule has 0 saturated carbocycles. The number of fused-ring (bicyclic) bond motifs is 1. The lowest BCUT2D eigenvalue weighted by Gasteiger charge is -2.54. The summed E-state index contributed by atoms with van der Waals surface area (Å²) in [6.07, 6.45) is 3.57. The smallest absolute Gasteiger partial charge is 0.291 e. The molecule has 3 aliphatic rings. The SMILES string of the molecule is C.CC(C)CC(=O)N[C@H]1CN(C(=O)c2ccco2)C2CN(CC3CCNCC3)C(=O)[C@H](CC(C)C)N2C1=O. The second-order valence-electron chi connectivity index (χ2n) is 11.5. The van der Waals surface area contributed by atoms with Crippen LogP contribution in [-0.4, -0.2) is 89.3 Å². The molecule has 4 amide bonds. The van der Waals surface area contributed by atoms with Crippen molar-refractivity contribution in [3.8, 4) is 0 Å². The molecule has 3 atom stereocenters. The number of nitrogens with one attached hydrogen (secondary N) is 2. The molecule has 3 fully saturated rings. The van der Waals surface area contributed by atoms with Gasteiger partial charge in [-0.1, -0.05) is 35.1 Å². The Morgan fingerprint density at radius 2 is 1.79 bits per heavy atom. The molecule has 10 nitrogen and oxygen atoms in total. The molecule has 10 heteroatoms. The van der Waals surface area contributed by atoms with Crippen molar-refractivity contribution in [1.82, 2.24) is 25.3 Å². The van der Waals surface area contributed by atoms with Gasteiger partial charge in [0.2, 0.25) is 17.7 Å². The predicted octanol–water partition coefficient (Wildman–Crippen LogP) is 2.31. The molecule has 1 unspecified atom stereocenters. The van der Waals surface area contributed by atoms with Crippen molar-refractivity contribution >= 4 is 23.6 Å². The van der Waals surface area contributed by atoms with Crippen molar-refractivity contribution in [2.24, 2.45) is 17.8 Å². The number of carbonyl (C=O) groups excluding carboxylic acids is 4. The van der Waals surface area contributed by atoms with E-state index in [9.17, 15) is 19.2 Å². The number of piperidine rings is 1. The van der Waals surface area contributed by atoms with E-state index in [4.69, 9.17) is 4.42 Å². The third-order valence-electron chi connectivity index (χ3n) is 7.48. The molecule has 0 bridgehead atoms. The number of hydrogen-bond acceptors (Lipinski definition) is 6. The Bertz CT molecular complexity index is 972. The third-order valence-corrected chi connectivity index (χ3v) is 7.48. The Morgan fingerprint density at radius 1 is 1.08 bits per heavy atom. The van der Waals surface area contributed by atoms with Gasteiger partial charge < -0.3 is 29.8 Å². The molecule has 38 heavy (non-hydrogen) atoms. The largest absolute Gasteiger partial charge is 0.459 e. The summed E-state index contributed by atoms with van der Waals surface area (Å²) in [5.74, 6) is -0.129. The molecule has 3 saturated heterocycles. The summed E-state index contributed by atoms with van der Waals surface area (Å²) in [7, 11) is 0. The van der Waals surface area contributed by atoms with Gasteiger partial charge in [-0.15, -0.1) is 0 Å². The van der Waals surface area contributed by atoms with Gasteiger partial charge in [-0.3, -0.25) is 19.2 Å². The van der Waals surface area contributed by atoms with Crippen LogP contribution in [0.3, 0.4) is 0 Å². The molecule has 0 aromatic carbocycles. The second-order valence-corrected chi connectivity index (χ2v) is 11.5. The highest BCUT2D eigenvalue weighted by Crippen LogP contribution is 2.31. The monoisotopic (exact) mass is 531 g/mol. The number of amides is 4. The fraction of sp³-hybridized carbons (Fsp3) is 0.714. The van der Waals surface area contributed by atoms with Gasteiger partial charge in [0.1, 0.15) is 18.2 Å². The summed E-state index contributed by atoms with van der Waals surface area (Å²) in [6.45, 7) is 10.7. The van der Waals surface area contributed by atoms with E-state index in [1.807, 2.05) is 32.6 Å². The standard InChI is InChI=1S/C27H41N5O5.CH4/c1-17(2)12-21-26(35)30(14-19-7-9-28-10-8-19)16-24-31(27(36)22-6-5-11-37-22)15-20(25(34)32(21)24)29-23(33)13-18(3)4;/h5-6,11,17-21,24,28H,7-10,12-16H2,1-4H3,(H,29,33);1H4/t20-,21-,24?;/m0./s1. The molecular formula is C28H45N5O5. The van der Waals surface area contributed by atoms with Crippen molar-refractivity contribution in [3.05, 3.63) is 24.2 Å². The minimum absolute atomic E-state index is 0. The number of furan rings is 1. The summed E-state index contributed by atoms with van der Waals surface area (Å²) in [5.41, 5.74) is 0. The van der Waals surface area contributed by atoms with E-state index >= 15 is 0 Å². The zero-order valence-corrected chi connectivity index (χ0v) is 22.4. The maximum absolute atomic E-state index is 13.8. The number of piperazine rings is 1. The Balaban J connectivity index is 0.00000400. The minimum Gasteiger partial charge on any atom is -0.459 e. The van der Waals surface area contributed by atoms with Crippen LogP contribution in [0.15, 0.2) is 22.8 Å². The quantitative estimate of drug-likeness (QED) is 0.532. The van der Waals surface area contributed by atoms with Crippen molar-refractivity contribution in [2.45, 2.75) is 79.1 Å². The van der Waals surface area contributed by atoms with Crippen molar-refractivity contribution < 1.29 is 23.6 Å². The summed E-state index contributed by atoms with van der Waals surface area (Å²) in [5, 5.41) is 6.21. The first-order valence-electron chi connectivity index (χ1n) is 13.6. The van der Waals surface area contributed by atoms with Crippen LogP contribution < -0.4 is 10.6 Å². The van der Waals surface area contributed by atoms with E-state index in [1.165, 1.54) is 6.26 Å². The number of nitrogens with zero attached hydrogens (tertiary/aromatic N) is 3. The van der Waals surface area contributed by atoms with Gasteiger partial charge in [-0.25, -0.2) is 0 Å². The fourth-order valence-electron chi connectivity index (χ4n) is 5.73. The topological polar surface area (TPSA) is 115 Å². The van der Waals surface area contributed by atoms with Crippen LogP contribution >= 0.6 is 0 Å². The first-order chi connectivity index (χ1) is 17.7. The van der Waals surface area contributed by atoms with Gasteiger partial charge in [0.15, 0.2) is 5.76 Å². The molecule has 1 aromatic heterocycles. The van der Waals surface area contributed by atoms with Crippen LogP contribution in [0.25, 0.3) is 0 Å². The van der Waals surface area contributed by atoms with Gasteiger partial charge in [0.05, 0.1) is 19.4 Å². The molecule has 212 valence electrons. The van der Waals surface area contributed by atoms with E-state index in [0.29, 0.717) is 18.9 Å². The van der Waals surface area contributed by atoms with Crippen molar-refractivity contribution in [2.75, 3.05) is 32.7 Å². The lowest BCUT2D eigenvalue weighted by molar-refractivity contribution is -0.171. The van der Waals surface area contributed by atoms with Gasteiger partial charge >= 0.3 is 0 Å². The summed E-state index contributed by atoms with van der Waals surface area (Å²) >= 11 is 0. The van der Waals surface area contributed by atoms with E-state index in [-0.39, 0.29) is 68.2 Å². The Morgan fingerprint density at radius 3 is 2.39 bits per heavy atom.